The van der Waals surface area contributed by atoms with Crippen LogP contribution >= 0.6 is 23.2 Å². The second-order valence-corrected chi connectivity index (χ2v) is 4.37. The number of hydrogen-bond acceptors (Lipinski definition) is 2. The van der Waals surface area contributed by atoms with E-state index in [1.165, 1.54) is 0 Å². The largest absolute Gasteiger partial charge is 0.496 e. The van der Waals surface area contributed by atoms with Crippen LogP contribution in [0.1, 0.15) is 5.56 Å². The van der Waals surface area contributed by atoms with E-state index in [4.69, 9.17) is 27.9 Å². The van der Waals surface area contributed by atoms with E-state index in [9.17, 15) is 0 Å². The minimum atomic E-state index is 0.512. The molecule has 2 rings (SSSR count). The molecule has 0 spiro atoms. The third kappa shape index (κ3) is 2.24. The Labute approximate surface area is 110 Å². The van der Waals surface area contributed by atoms with Gasteiger partial charge in [0.1, 0.15) is 5.75 Å². The molecule has 1 aromatic carbocycles. The highest BCUT2D eigenvalue weighted by atomic mass is 35.5. The fraction of sp³-hybridized carbons (Fsp3) is 0.154. The average molecular weight is 268 g/mol. The van der Waals surface area contributed by atoms with Crippen LogP contribution in [0.15, 0.2) is 30.5 Å². The molecule has 0 amide bonds. The number of methoxy groups -OCH3 is 1. The van der Waals surface area contributed by atoms with Crippen molar-refractivity contribution in [3.8, 4) is 17.0 Å². The van der Waals surface area contributed by atoms with Gasteiger partial charge in [0.05, 0.1) is 22.8 Å². The molecule has 88 valence electrons. The molecule has 0 aliphatic carbocycles. The molecular weight excluding hydrogens is 257 g/mol. The molecule has 0 unspecified atom stereocenters. The van der Waals surface area contributed by atoms with E-state index in [-0.39, 0.29) is 0 Å². The van der Waals surface area contributed by atoms with Gasteiger partial charge in [-0.05, 0) is 19.1 Å². The molecule has 17 heavy (non-hydrogen) atoms. The second kappa shape index (κ2) is 4.94. The van der Waals surface area contributed by atoms with E-state index < -0.39 is 0 Å². The molecule has 4 heteroatoms. The Kier molecular flexibility index (Phi) is 3.55. The van der Waals surface area contributed by atoms with Gasteiger partial charge in [-0.1, -0.05) is 35.3 Å². The summed E-state index contributed by atoms with van der Waals surface area (Å²) in [7, 11) is 1.63. The molecule has 1 heterocycles. The summed E-state index contributed by atoms with van der Waals surface area (Å²) < 4.78 is 5.26. The predicted molar refractivity (Wildman–Crippen MR) is 71.0 cm³/mol. The lowest BCUT2D eigenvalue weighted by atomic mass is 10.1. The van der Waals surface area contributed by atoms with Crippen LogP contribution in [0.2, 0.25) is 10.0 Å². The molecule has 0 aliphatic heterocycles. The minimum Gasteiger partial charge on any atom is -0.496 e. The Morgan fingerprint density at radius 1 is 1.18 bits per heavy atom. The number of halogens is 2. The standard InChI is InChI=1S/C13H11Cl2NO/c1-8-11(17-2)6-7-16-13(8)9-4-3-5-10(14)12(9)15/h3-7H,1-2H3. The van der Waals surface area contributed by atoms with Crippen molar-refractivity contribution in [2.75, 3.05) is 7.11 Å². The molecule has 1 aromatic heterocycles. The Hall–Kier alpha value is -1.25. The Balaban J connectivity index is 2.65. The molecule has 2 nitrogen and oxygen atoms in total. The van der Waals surface area contributed by atoms with Crippen molar-refractivity contribution in [3.63, 3.8) is 0 Å². The van der Waals surface area contributed by atoms with Gasteiger partial charge >= 0.3 is 0 Å². The van der Waals surface area contributed by atoms with Crippen LogP contribution in [0, 0.1) is 6.92 Å². The SMILES string of the molecule is COc1ccnc(-c2cccc(Cl)c2Cl)c1C. The van der Waals surface area contributed by atoms with Gasteiger partial charge in [-0.2, -0.15) is 0 Å². The highest BCUT2D eigenvalue weighted by molar-refractivity contribution is 6.43. The van der Waals surface area contributed by atoms with E-state index in [0.29, 0.717) is 10.0 Å². The van der Waals surface area contributed by atoms with E-state index in [1.807, 2.05) is 25.1 Å². The van der Waals surface area contributed by atoms with Gasteiger partial charge in [-0.25, -0.2) is 0 Å². The average Bonchev–Trinajstić information content (AvgIpc) is 2.33. The summed E-state index contributed by atoms with van der Waals surface area (Å²) in [6, 6.07) is 7.31. The molecule has 0 atom stereocenters. The highest BCUT2D eigenvalue weighted by Crippen LogP contribution is 2.35. The molecule has 0 radical (unpaired) electrons. The van der Waals surface area contributed by atoms with Crippen LogP contribution in [0.4, 0.5) is 0 Å². The molecule has 0 saturated heterocycles. The number of benzene rings is 1. The predicted octanol–water partition coefficient (Wildman–Crippen LogP) is 4.37. The third-order valence-corrected chi connectivity index (χ3v) is 3.40. The highest BCUT2D eigenvalue weighted by Gasteiger charge is 2.12. The van der Waals surface area contributed by atoms with Crippen molar-refractivity contribution in [2.45, 2.75) is 6.92 Å². The molecule has 0 bridgehead atoms. The van der Waals surface area contributed by atoms with Crippen molar-refractivity contribution < 1.29 is 4.74 Å². The van der Waals surface area contributed by atoms with Gasteiger partial charge in [0.2, 0.25) is 0 Å². The van der Waals surface area contributed by atoms with Gasteiger partial charge in [-0.3, -0.25) is 4.98 Å². The number of hydrogen-bond donors (Lipinski definition) is 0. The first-order valence-electron chi connectivity index (χ1n) is 5.09. The Morgan fingerprint density at radius 2 is 1.94 bits per heavy atom. The fourth-order valence-electron chi connectivity index (χ4n) is 1.70. The van der Waals surface area contributed by atoms with Crippen molar-refractivity contribution >= 4 is 23.2 Å². The van der Waals surface area contributed by atoms with E-state index in [1.54, 1.807) is 19.4 Å². The summed E-state index contributed by atoms with van der Waals surface area (Å²) in [5.74, 6) is 0.783. The van der Waals surface area contributed by atoms with Crippen LogP contribution in [0.3, 0.4) is 0 Å². The number of aromatic nitrogens is 1. The third-order valence-electron chi connectivity index (χ3n) is 2.58. The smallest absolute Gasteiger partial charge is 0.125 e. The lowest BCUT2D eigenvalue weighted by Crippen LogP contribution is -1.93. The summed E-state index contributed by atoms with van der Waals surface area (Å²) in [5, 5.41) is 1.03. The maximum atomic E-state index is 6.18. The number of rotatable bonds is 2. The first-order valence-corrected chi connectivity index (χ1v) is 5.84. The number of ether oxygens (including phenoxy) is 1. The lowest BCUT2D eigenvalue weighted by molar-refractivity contribution is 0.411. The van der Waals surface area contributed by atoms with Crippen LogP contribution in [0.25, 0.3) is 11.3 Å². The molecule has 2 aromatic rings. The molecule has 0 fully saturated rings. The van der Waals surface area contributed by atoms with Crippen LogP contribution in [-0.2, 0) is 0 Å². The number of pyridine rings is 1. The molecular formula is C13H11Cl2NO. The molecule has 0 saturated carbocycles. The maximum Gasteiger partial charge on any atom is 0.125 e. The summed E-state index contributed by atoms with van der Waals surface area (Å²) >= 11 is 12.2. The zero-order chi connectivity index (χ0) is 12.4. The van der Waals surface area contributed by atoms with E-state index in [0.717, 1.165) is 22.6 Å². The number of nitrogens with zero attached hydrogens (tertiary/aromatic N) is 1. The monoisotopic (exact) mass is 267 g/mol. The normalized spacial score (nSPS) is 10.4. The van der Waals surface area contributed by atoms with Crippen molar-refractivity contribution in [1.82, 2.24) is 4.98 Å². The van der Waals surface area contributed by atoms with Crippen LogP contribution in [0.5, 0.6) is 5.75 Å². The van der Waals surface area contributed by atoms with Crippen LogP contribution < -0.4 is 4.74 Å². The Morgan fingerprint density at radius 3 is 2.65 bits per heavy atom. The second-order valence-electron chi connectivity index (χ2n) is 3.59. The zero-order valence-electron chi connectivity index (χ0n) is 9.50. The van der Waals surface area contributed by atoms with Crippen molar-refractivity contribution in [1.29, 1.82) is 0 Å². The van der Waals surface area contributed by atoms with E-state index >= 15 is 0 Å². The fourth-order valence-corrected chi connectivity index (χ4v) is 2.09. The molecule has 0 aliphatic rings. The van der Waals surface area contributed by atoms with Crippen LogP contribution in [-0.4, -0.2) is 12.1 Å². The summed E-state index contributed by atoms with van der Waals surface area (Å²) in [4.78, 5) is 4.34. The zero-order valence-corrected chi connectivity index (χ0v) is 11.0. The summed E-state index contributed by atoms with van der Waals surface area (Å²) in [5.41, 5.74) is 2.55. The quantitative estimate of drug-likeness (QED) is 0.806. The topological polar surface area (TPSA) is 22.1 Å². The lowest BCUT2D eigenvalue weighted by Gasteiger charge is -2.11. The van der Waals surface area contributed by atoms with Gasteiger partial charge in [0.25, 0.3) is 0 Å². The Bertz CT molecular complexity index is 555. The summed E-state index contributed by atoms with van der Waals surface area (Å²) in [6.45, 7) is 1.94. The van der Waals surface area contributed by atoms with Crippen molar-refractivity contribution in [2.24, 2.45) is 0 Å². The van der Waals surface area contributed by atoms with Crippen molar-refractivity contribution in [3.05, 3.63) is 46.1 Å². The summed E-state index contributed by atoms with van der Waals surface area (Å²) in [6.07, 6.45) is 1.69. The van der Waals surface area contributed by atoms with Gasteiger partial charge in [0.15, 0.2) is 0 Å². The van der Waals surface area contributed by atoms with E-state index in [2.05, 4.69) is 4.98 Å². The van der Waals surface area contributed by atoms with Gasteiger partial charge in [-0.15, -0.1) is 0 Å². The van der Waals surface area contributed by atoms with Gasteiger partial charge < -0.3 is 4.74 Å². The van der Waals surface area contributed by atoms with Gasteiger partial charge in [0, 0.05) is 17.3 Å². The molecule has 0 N–H and O–H groups in total. The first-order chi connectivity index (χ1) is 8.15. The maximum absolute atomic E-state index is 6.18. The first kappa shape index (κ1) is 12.2. The minimum absolute atomic E-state index is 0.512.